The first kappa shape index (κ1) is 22.6. The number of carbonyl (C=O) groups excluding carboxylic acids is 2. The van der Waals surface area contributed by atoms with E-state index in [-0.39, 0.29) is 29.0 Å². The Morgan fingerprint density at radius 1 is 1.16 bits per heavy atom. The number of nitro benzene ring substituents is 1. The van der Waals surface area contributed by atoms with E-state index in [1.807, 2.05) is 0 Å². The van der Waals surface area contributed by atoms with Gasteiger partial charge in [-0.2, -0.15) is 0 Å². The van der Waals surface area contributed by atoms with Crippen LogP contribution in [0.1, 0.15) is 42.5 Å². The van der Waals surface area contributed by atoms with E-state index in [1.54, 1.807) is 24.3 Å². The maximum Gasteiger partial charge on any atom is 0.283 e. The van der Waals surface area contributed by atoms with Crippen molar-refractivity contribution in [2.24, 2.45) is 0 Å². The third-order valence-electron chi connectivity index (χ3n) is 5.10. The highest BCUT2D eigenvalue weighted by molar-refractivity contribution is 8.00. The first-order valence-corrected chi connectivity index (χ1v) is 11.1. The maximum atomic E-state index is 12.6. The summed E-state index contributed by atoms with van der Waals surface area (Å²) in [4.78, 5) is 36.2. The van der Waals surface area contributed by atoms with Crippen LogP contribution in [0.4, 0.5) is 11.4 Å². The Labute approximate surface area is 184 Å². The molecule has 1 aliphatic carbocycles. The van der Waals surface area contributed by atoms with Crippen molar-refractivity contribution in [2.45, 2.75) is 43.0 Å². The number of thioether (sulfide) groups is 1. The Hall–Kier alpha value is -3.07. The lowest BCUT2D eigenvalue weighted by atomic mass is 9.95. The number of benzene rings is 2. The van der Waals surface area contributed by atoms with Crippen LogP contribution >= 0.6 is 11.8 Å². The van der Waals surface area contributed by atoms with Gasteiger partial charge in [0.1, 0.15) is 5.75 Å². The number of nitro groups is 1. The van der Waals surface area contributed by atoms with Crippen molar-refractivity contribution >= 4 is 35.0 Å². The van der Waals surface area contributed by atoms with Gasteiger partial charge in [-0.1, -0.05) is 31.4 Å². The number of nitrogens with one attached hydrogen (secondary N) is 2. The van der Waals surface area contributed by atoms with Crippen LogP contribution in [0.25, 0.3) is 0 Å². The summed E-state index contributed by atoms with van der Waals surface area (Å²) in [6.07, 6.45) is 5.38. The quantitative estimate of drug-likeness (QED) is 0.355. The van der Waals surface area contributed by atoms with Gasteiger partial charge in [0.2, 0.25) is 5.91 Å². The molecule has 1 saturated carbocycles. The number of carbonyl (C=O) groups is 2. The van der Waals surface area contributed by atoms with Gasteiger partial charge < -0.3 is 15.4 Å². The lowest BCUT2D eigenvalue weighted by Crippen LogP contribution is -2.37. The first-order chi connectivity index (χ1) is 15.0. The fourth-order valence-corrected chi connectivity index (χ4v) is 4.34. The van der Waals surface area contributed by atoms with E-state index in [4.69, 9.17) is 4.74 Å². The van der Waals surface area contributed by atoms with Gasteiger partial charge in [0.25, 0.3) is 11.6 Å². The first-order valence-electron chi connectivity index (χ1n) is 10.1. The van der Waals surface area contributed by atoms with Crippen LogP contribution in [0.2, 0.25) is 0 Å². The van der Waals surface area contributed by atoms with Gasteiger partial charge in [-0.15, -0.1) is 11.8 Å². The molecule has 1 fully saturated rings. The number of rotatable bonds is 8. The SMILES string of the molecule is COc1ccccc1NC(=O)c1ccc(SCC(=O)NC2CCCCC2)c([N+](=O)[O-])c1. The number of hydrogen-bond acceptors (Lipinski definition) is 6. The average molecular weight is 444 g/mol. The summed E-state index contributed by atoms with van der Waals surface area (Å²) in [7, 11) is 1.49. The Balaban J connectivity index is 1.66. The maximum absolute atomic E-state index is 12.6. The van der Waals surface area contributed by atoms with Crippen LogP contribution < -0.4 is 15.4 Å². The van der Waals surface area contributed by atoms with Crippen molar-refractivity contribution in [2.75, 3.05) is 18.2 Å². The smallest absolute Gasteiger partial charge is 0.283 e. The number of methoxy groups -OCH3 is 1. The van der Waals surface area contributed by atoms with Crippen LogP contribution in [0.3, 0.4) is 0 Å². The molecule has 0 saturated heterocycles. The minimum Gasteiger partial charge on any atom is -0.495 e. The zero-order valence-electron chi connectivity index (χ0n) is 17.3. The molecule has 3 rings (SSSR count). The van der Waals surface area contributed by atoms with Gasteiger partial charge in [0, 0.05) is 17.7 Å². The van der Waals surface area contributed by atoms with Gasteiger partial charge in [0.15, 0.2) is 0 Å². The van der Waals surface area contributed by atoms with Crippen LogP contribution in [0.5, 0.6) is 5.75 Å². The van der Waals surface area contributed by atoms with E-state index in [1.165, 1.54) is 31.7 Å². The Kier molecular flexibility index (Phi) is 7.88. The predicted molar refractivity (Wildman–Crippen MR) is 120 cm³/mol. The summed E-state index contributed by atoms with van der Waals surface area (Å²) in [6.45, 7) is 0. The van der Waals surface area contributed by atoms with Crippen molar-refractivity contribution in [3.05, 3.63) is 58.1 Å². The predicted octanol–water partition coefficient (Wildman–Crippen LogP) is 4.40. The van der Waals surface area contributed by atoms with Crippen molar-refractivity contribution in [3.8, 4) is 5.75 Å². The van der Waals surface area contributed by atoms with Crippen molar-refractivity contribution in [1.82, 2.24) is 5.32 Å². The van der Waals surface area contributed by atoms with Crippen LogP contribution in [0, 0.1) is 10.1 Å². The van der Waals surface area contributed by atoms with Crippen LogP contribution in [-0.2, 0) is 4.79 Å². The summed E-state index contributed by atoms with van der Waals surface area (Å²) in [5.41, 5.74) is 0.409. The normalized spacial score (nSPS) is 14.0. The Morgan fingerprint density at radius 2 is 1.90 bits per heavy atom. The fraction of sp³-hybridized carbons (Fsp3) is 0.364. The van der Waals surface area contributed by atoms with E-state index in [2.05, 4.69) is 10.6 Å². The minimum atomic E-state index is -0.540. The average Bonchev–Trinajstić information content (AvgIpc) is 2.78. The molecular weight excluding hydrogens is 418 g/mol. The molecule has 0 aromatic heterocycles. The Bertz CT molecular complexity index is 960. The topological polar surface area (TPSA) is 111 Å². The molecular formula is C22H25N3O5S. The molecule has 8 nitrogen and oxygen atoms in total. The molecule has 0 radical (unpaired) electrons. The molecule has 2 aromatic carbocycles. The minimum absolute atomic E-state index is 0.0874. The van der Waals surface area contributed by atoms with Gasteiger partial charge in [0.05, 0.1) is 28.4 Å². The zero-order chi connectivity index (χ0) is 22.2. The Morgan fingerprint density at radius 3 is 2.61 bits per heavy atom. The molecule has 2 amide bonds. The second kappa shape index (κ2) is 10.8. The highest BCUT2D eigenvalue weighted by Crippen LogP contribution is 2.31. The molecule has 0 unspecified atom stereocenters. The van der Waals surface area contributed by atoms with E-state index >= 15 is 0 Å². The van der Waals surface area contributed by atoms with E-state index < -0.39 is 10.8 Å². The summed E-state index contributed by atoms with van der Waals surface area (Å²) in [5, 5.41) is 17.3. The fourth-order valence-electron chi connectivity index (χ4n) is 3.53. The number of anilines is 1. The number of amides is 2. The lowest BCUT2D eigenvalue weighted by molar-refractivity contribution is -0.387. The van der Waals surface area contributed by atoms with E-state index in [9.17, 15) is 19.7 Å². The number of para-hydroxylation sites is 2. The zero-order valence-corrected chi connectivity index (χ0v) is 18.1. The highest BCUT2D eigenvalue weighted by atomic mass is 32.2. The molecule has 1 aliphatic rings. The summed E-state index contributed by atoms with van der Waals surface area (Å²) in [5.74, 6) is -0.0470. The molecule has 9 heteroatoms. The number of ether oxygens (including phenoxy) is 1. The third-order valence-corrected chi connectivity index (χ3v) is 6.16. The van der Waals surface area contributed by atoms with Crippen molar-refractivity contribution < 1.29 is 19.2 Å². The second-order valence-electron chi connectivity index (χ2n) is 7.29. The largest absolute Gasteiger partial charge is 0.495 e. The number of hydrogen-bond donors (Lipinski definition) is 2. The second-order valence-corrected chi connectivity index (χ2v) is 8.30. The summed E-state index contributed by atoms with van der Waals surface area (Å²) >= 11 is 1.10. The standard InChI is InChI=1S/C22H25N3O5S/c1-30-19-10-6-5-9-17(19)24-22(27)15-11-12-20(18(13-15)25(28)29)31-14-21(26)23-16-7-3-2-4-8-16/h5-6,9-13,16H,2-4,7-8,14H2,1H3,(H,23,26)(H,24,27). The number of nitrogens with zero attached hydrogens (tertiary/aromatic N) is 1. The van der Waals surface area contributed by atoms with Gasteiger partial charge in [-0.25, -0.2) is 0 Å². The molecule has 0 spiro atoms. The monoisotopic (exact) mass is 443 g/mol. The van der Waals surface area contributed by atoms with E-state index in [0.717, 1.165) is 37.4 Å². The molecule has 2 N–H and O–H groups in total. The van der Waals surface area contributed by atoms with Crippen LogP contribution in [-0.4, -0.2) is 35.6 Å². The lowest BCUT2D eigenvalue weighted by Gasteiger charge is -2.22. The molecule has 2 aromatic rings. The molecule has 0 aliphatic heterocycles. The highest BCUT2D eigenvalue weighted by Gasteiger charge is 2.21. The molecule has 0 bridgehead atoms. The summed E-state index contributed by atoms with van der Waals surface area (Å²) in [6, 6.07) is 11.3. The van der Waals surface area contributed by atoms with E-state index in [0.29, 0.717) is 16.3 Å². The molecule has 0 heterocycles. The van der Waals surface area contributed by atoms with Crippen LogP contribution in [0.15, 0.2) is 47.4 Å². The molecule has 31 heavy (non-hydrogen) atoms. The van der Waals surface area contributed by atoms with Crippen molar-refractivity contribution in [3.63, 3.8) is 0 Å². The van der Waals surface area contributed by atoms with Gasteiger partial charge in [-0.3, -0.25) is 19.7 Å². The summed E-state index contributed by atoms with van der Waals surface area (Å²) < 4.78 is 5.21. The third kappa shape index (κ3) is 6.21. The molecule has 164 valence electrons. The van der Waals surface area contributed by atoms with Gasteiger partial charge in [-0.05, 0) is 37.1 Å². The van der Waals surface area contributed by atoms with Crippen molar-refractivity contribution in [1.29, 1.82) is 0 Å². The molecule has 0 atom stereocenters. The van der Waals surface area contributed by atoms with Gasteiger partial charge >= 0.3 is 0 Å².